The Bertz CT molecular complexity index is 2210. The maximum atomic E-state index is 14.0. The number of hydrogen-bond donors (Lipinski definition) is 3. The molecule has 1 aromatic carbocycles. The number of imidazole rings is 1. The quantitative estimate of drug-likeness (QED) is 0.0318. The fourth-order valence-corrected chi connectivity index (χ4v) is 7.97. The lowest BCUT2D eigenvalue weighted by Gasteiger charge is -2.49. The van der Waals surface area contributed by atoms with Crippen LogP contribution < -0.4 is 42.2 Å². The number of ether oxygens (including phenoxy) is 3. The van der Waals surface area contributed by atoms with E-state index >= 15 is 0 Å². The zero-order chi connectivity index (χ0) is 41.4. The van der Waals surface area contributed by atoms with E-state index in [0.29, 0.717) is 28.3 Å². The number of halogens is 2. The van der Waals surface area contributed by atoms with Crippen LogP contribution in [0.5, 0.6) is 5.75 Å². The normalized spacial score (nSPS) is 16.5. The van der Waals surface area contributed by atoms with Crippen LogP contribution in [0, 0.1) is 0 Å². The van der Waals surface area contributed by atoms with Gasteiger partial charge in [-0.3, -0.25) is 24.4 Å². The van der Waals surface area contributed by atoms with E-state index in [1.54, 1.807) is 58.3 Å². The Kier molecular flexibility index (Phi) is 15.4. The number of oxime groups is 1. The molecule has 0 spiro atoms. The monoisotopic (exact) mass is 918 g/mol. The number of amides is 3. The van der Waals surface area contributed by atoms with E-state index in [0.717, 1.165) is 36.6 Å². The molecule has 1 fully saturated rings. The average Bonchev–Trinajstić information content (AvgIpc) is 3.80. The molecule has 2 aliphatic heterocycles. The summed E-state index contributed by atoms with van der Waals surface area (Å²) in [6, 6.07) is 9.80. The first-order chi connectivity index (χ1) is 27.9. The topological polar surface area (TPSA) is 204 Å². The van der Waals surface area contributed by atoms with Crippen molar-refractivity contribution >= 4 is 69.2 Å². The number of esters is 1. The minimum absolute atomic E-state index is 0. The number of methoxy groups -OCH3 is 1. The molecule has 2 atom stereocenters. The van der Waals surface area contributed by atoms with Gasteiger partial charge in [0.15, 0.2) is 11.8 Å². The zero-order valence-corrected chi connectivity index (χ0v) is 36.1. The van der Waals surface area contributed by atoms with Crippen LogP contribution in [-0.4, -0.2) is 110 Å². The predicted octanol–water partition coefficient (Wildman–Crippen LogP) is -0.0678. The molecule has 2 unspecified atom stereocenters. The lowest BCUT2D eigenvalue weighted by molar-refractivity contribution is -0.665. The Balaban J connectivity index is 0.00000661. The lowest BCUT2D eigenvalue weighted by atomic mass is 10.0. The van der Waals surface area contributed by atoms with Gasteiger partial charge in [0.2, 0.25) is 16.7 Å². The number of nitrogens with one attached hydrogen (secondary N) is 3. The van der Waals surface area contributed by atoms with Crippen molar-refractivity contribution in [3.63, 3.8) is 0 Å². The summed E-state index contributed by atoms with van der Waals surface area (Å²) in [6.45, 7) is 5.45. The van der Waals surface area contributed by atoms with Gasteiger partial charge in [0.25, 0.3) is 11.8 Å². The molecule has 3 aromatic heterocycles. The summed E-state index contributed by atoms with van der Waals surface area (Å²) < 4.78 is 37.4. The molecule has 3 N–H and O–H groups in total. The minimum Gasteiger partial charge on any atom is -1.00 e. The molecule has 1 saturated heterocycles. The Morgan fingerprint density at radius 3 is 2.64 bits per heavy atom. The number of β-lactam (4-membered cyclic amide) rings is 1. The minimum atomic E-state index is -1.10. The summed E-state index contributed by atoms with van der Waals surface area (Å²) in [5, 5.41) is 11.3. The van der Waals surface area contributed by atoms with Crippen molar-refractivity contribution in [3.05, 3.63) is 71.6 Å². The van der Waals surface area contributed by atoms with Crippen molar-refractivity contribution in [1.82, 2.24) is 34.4 Å². The molecule has 0 bridgehead atoms. The van der Waals surface area contributed by atoms with Crippen molar-refractivity contribution in [2.75, 3.05) is 45.1 Å². The van der Waals surface area contributed by atoms with Crippen LogP contribution in [0.25, 0.3) is 11.2 Å². The van der Waals surface area contributed by atoms with Crippen LogP contribution in [0.3, 0.4) is 0 Å². The number of aryl methyl sites for hydroxylation is 1. The maximum absolute atomic E-state index is 14.0. The number of nitrogens with zero attached hydrogens (tertiary/aromatic N) is 7. The van der Waals surface area contributed by atoms with Crippen molar-refractivity contribution in [1.29, 1.82) is 0 Å². The summed E-state index contributed by atoms with van der Waals surface area (Å²) in [7, 11) is 3.45. The molecular weight excluding hydrogens is 876 g/mol. The van der Waals surface area contributed by atoms with Crippen LogP contribution in [-0.2, 0) is 48.4 Å². The smallest absolute Gasteiger partial charge is 0.414 e. The first-order valence-corrected chi connectivity index (χ1v) is 20.1. The van der Waals surface area contributed by atoms with Gasteiger partial charge < -0.3 is 46.7 Å². The molecule has 4 aromatic rings. The van der Waals surface area contributed by atoms with Gasteiger partial charge in [-0.15, -0.1) is 16.7 Å². The number of alkyl halides is 1. The Hall–Kier alpha value is -5.19. The van der Waals surface area contributed by atoms with Crippen LogP contribution >= 0.6 is 23.3 Å². The summed E-state index contributed by atoms with van der Waals surface area (Å²) in [5.41, 5.74) is 1.80. The van der Waals surface area contributed by atoms with Crippen molar-refractivity contribution < 1.29 is 64.2 Å². The summed E-state index contributed by atoms with van der Waals surface area (Å²) in [5.74, 6) is -1.46. The molecular formula is C37H44BrFN10O8S2. The molecule has 0 saturated carbocycles. The van der Waals surface area contributed by atoms with E-state index < -0.39 is 59.9 Å². The number of hydrogen-bond acceptors (Lipinski definition) is 15. The molecule has 18 nitrogen and oxygen atoms in total. The van der Waals surface area contributed by atoms with Crippen molar-refractivity contribution in [3.8, 4) is 5.75 Å². The number of pyridine rings is 1. The molecule has 0 radical (unpaired) electrons. The fourth-order valence-electron chi connectivity index (χ4n) is 6.08. The second kappa shape index (κ2) is 20.2. The highest BCUT2D eigenvalue weighted by Crippen LogP contribution is 2.41. The molecule has 22 heteroatoms. The molecule has 5 heterocycles. The molecule has 3 amide bonds. The number of fused-ring (bicyclic) bond motifs is 2. The van der Waals surface area contributed by atoms with Gasteiger partial charge in [-0.25, -0.2) is 18.5 Å². The van der Waals surface area contributed by atoms with Crippen LogP contribution in [0.4, 0.5) is 14.3 Å². The van der Waals surface area contributed by atoms with E-state index in [1.165, 1.54) is 16.7 Å². The van der Waals surface area contributed by atoms with Gasteiger partial charge >= 0.3 is 17.7 Å². The molecule has 0 aliphatic carbocycles. The van der Waals surface area contributed by atoms with E-state index in [2.05, 4.69) is 40.0 Å². The molecule has 316 valence electrons. The highest BCUT2D eigenvalue weighted by atomic mass is 79.9. The Labute approximate surface area is 357 Å². The second-order valence-corrected chi connectivity index (χ2v) is 15.8. The van der Waals surface area contributed by atoms with Crippen molar-refractivity contribution in [2.24, 2.45) is 5.16 Å². The SMILES string of the molecule is CNCCCn1c[n+](CC2=C(C(=O)OCc3ccc(OC)cc3)N3C(=O)C(NC(=O)/C(=N\OCCF)c4nsc(NC(=O)OC(C)(C)C)n4)C3SC2)c2ncccc21.[Br-]. The largest absolute Gasteiger partial charge is 1.00 e. The van der Waals surface area contributed by atoms with Gasteiger partial charge in [-0.1, -0.05) is 17.3 Å². The lowest BCUT2D eigenvalue weighted by Crippen LogP contribution is -3.00. The van der Waals surface area contributed by atoms with Crippen LogP contribution in [0.15, 0.2) is 65.3 Å². The van der Waals surface area contributed by atoms with E-state index in [9.17, 15) is 23.6 Å². The highest BCUT2D eigenvalue weighted by Gasteiger charge is 2.55. The van der Waals surface area contributed by atoms with E-state index in [-0.39, 0.29) is 46.8 Å². The standard InChI is InChI=1S/C37H43FN10O8S2.BrH/c1-37(2,3)56-36(52)43-35-42-29(45-58-35)26(44-55-17-13-38)31(49)41-27-32(50)48-28(34(51)54-19-22-9-11-24(53-5)12-10-22)23(20-57-33(27)48)18-47-21-46(16-7-14-39-4)25-8-6-15-40-30(25)47;/h6,8-12,15,21,27,33,39H,7,13-14,16-20H2,1-5H3,(H-,41,42,43,45,49,52);1H/b44-26-;. The third-order valence-corrected chi connectivity index (χ3v) is 10.6. The van der Waals surface area contributed by atoms with Gasteiger partial charge in [-0.2, -0.15) is 9.36 Å². The molecule has 2 aliphatic rings. The third-order valence-electron chi connectivity index (χ3n) is 8.65. The summed E-state index contributed by atoms with van der Waals surface area (Å²) >= 11 is 2.10. The van der Waals surface area contributed by atoms with E-state index in [1.807, 2.05) is 30.1 Å². The number of carbonyl (C=O) groups excluding carboxylic acids is 4. The number of carbonyl (C=O) groups is 4. The molecule has 59 heavy (non-hydrogen) atoms. The Morgan fingerprint density at radius 1 is 1.15 bits per heavy atom. The average molecular weight is 920 g/mol. The number of rotatable bonds is 17. The van der Waals surface area contributed by atoms with Gasteiger partial charge in [0, 0.05) is 22.9 Å². The first kappa shape index (κ1) is 44.9. The van der Waals surface area contributed by atoms with Gasteiger partial charge in [0.05, 0.1) is 20.2 Å². The number of benzene rings is 1. The fraction of sp³-hybridized carbons (Fsp3) is 0.432. The summed E-state index contributed by atoms with van der Waals surface area (Å²) in [6.07, 6.45) is 3.74. The third kappa shape index (κ3) is 10.9. The van der Waals surface area contributed by atoms with Crippen LogP contribution in [0.1, 0.15) is 38.6 Å². The predicted molar refractivity (Wildman–Crippen MR) is 212 cm³/mol. The number of aromatic nitrogens is 5. The van der Waals surface area contributed by atoms with E-state index in [4.69, 9.17) is 19.0 Å². The second-order valence-electron chi connectivity index (χ2n) is 14.0. The summed E-state index contributed by atoms with van der Waals surface area (Å²) in [4.78, 5) is 69.2. The van der Waals surface area contributed by atoms with Crippen LogP contribution in [0.2, 0.25) is 0 Å². The Morgan fingerprint density at radius 2 is 1.93 bits per heavy atom. The number of anilines is 1. The maximum Gasteiger partial charge on any atom is 0.414 e. The van der Waals surface area contributed by atoms with Gasteiger partial charge in [-0.05, 0) is 70.6 Å². The van der Waals surface area contributed by atoms with Crippen molar-refractivity contribution in [2.45, 2.75) is 63.9 Å². The number of thioether (sulfide) groups is 1. The highest BCUT2D eigenvalue weighted by molar-refractivity contribution is 8.00. The van der Waals surface area contributed by atoms with Gasteiger partial charge in [0.1, 0.15) is 54.5 Å². The first-order valence-electron chi connectivity index (χ1n) is 18.3. The molecule has 6 rings (SSSR count). The zero-order valence-electron chi connectivity index (χ0n) is 32.9.